The Balaban J connectivity index is 2.39. The van der Waals surface area contributed by atoms with Crippen LogP contribution in [0.4, 0.5) is 5.69 Å². The normalized spacial score (nSPS) is 10.5. The number of nitro benzene ring substituents is 1. The van der Waals surface area contributed by atoms with Gasteiger partial charge in [-0.1, -0.05) is 32.3 Å². The molecular formula is C16H19NO6. The molecule has 7 heteroatoms. The number of carbonyl (C=O) groups is 2. The first kappa shape index (κ1) is 18.3. The van der Waals surface area contributed by atoms with Gasteiger partial charge in [-0.05, 0) is 12.5 Å². The molecule has 0 amide bonds. The van der Waals surface area contributed by atoms with E-state index in [1.165, 1.54) is 18.2 Å². The number of benzene rings is 1. The number of unbranched alkanes of at least 4 members (excludes halogenated alkanes) is 3. The summed E-state index contributed by atoms with van der Waals surface area (Å²) in [5.41, 5.74) is -0.189. The van der Waals surface area contributed by atoms with Crippen molar-refractivity contribution in [1.82, 2.24) is 0 Å². The smallest absolute Gasteiger partial charge is 0.336 e. The molecule has 0 saturated heterocycles. The van der Waals surface area contributed by atoms with Crippen molar-refractivity contribution in [2.75, 3.05) is 6.61 Å². The van der Waals surface area contributed by atoms with Crippen LogP contribution in [0.5, 0.6) is 5.75 Å². The number of carbonyl (C=O) groups excluding carboxylic acids is 2. The first-order valence-corrected chi connectivity index (χ1v) is 7.34. The molecule has 7 nitrogen and oxygen atoms in total. The molecule has 0 aliphatic carbocycles. The lowest BCUT2D eigenvalue weighted by molar-refractivity contribution is -0.384. The van der Waals surface area contributed by atoms with E-state index < -0.39 is 16.9 Å². The van der Waals surface area contributed by atoms with Crippen LogP contribution in [0.25, 0.3) is 0 Å². The second kappa shape index (κ2) is 10.1. The molecule has 1 aromatic rings. The van der Waals surface area contributed by atoms with Gasteiger partial charge < -0.3 is 9.47 Å². The van der Waals surface area contributed by atoms with E-state index in [2.05, 4.69) is 6.92 Å². The Morgan fingerprint density at radius 1 is 1.17 bits per heavy atom. The van der Waals surface area contributed by atoms with E-state index >= 15 is 0 Å². The summed E-state index contributed by atoms with van der Waals surface area (Å²) in [7, 11) is 0. The minimum atomic E-state index is -0.812. The number of nitrogens with zero attached hydrogens (tertiary/aromatic N) is 1. The van der Waals surface area contributed by atoms with Gasteiger partial charge >= 0.3 is 11.9 Å². The van der Waals surface area contributed by atoms with Gasteiger partial charge in [0.1, 0.15) is 5.75 Å². The summed E-state index contributed by atoms with van der Waals surface area (Å²) in [5, 5.41) is 10.6. The highest BCUT2D eigenvalue weighted by Crippen LogP contribution is 2.19. The summed E-state index contributed by atoms with van der Waals surface area (Å²) in [5.74, 6) is -1.41. The van der Waals surface area contributed by atoms with Crippen molar-refractivity contribution in [1.29, 1.82) is 0 Å². The lowest BCUT2D eigenvalue weighted by Gasteiger charge is -2.02. The maximum atomic E-state index is 11.5. The van der Waals surface area contributed by atoms with Gasteiger partial charge in [0.05, 0.1) is 17.6 Å². The van der Waals surface area contributed by atoms with Gasteiger partial charge in [0.15, 0.2) is 0 Å². The summed E-state index contributed by atoms with van der Waals surface area (Å²) in [6, 6.07) is 5.21. The average molecular weight is 321 g/mol. The molecule has 0 fully saturated rings. The summed E-state index contributed by atoms with van der Waals surface area (Å²) in [6.07, 6.45) is 5.85. The monoisotopic (exact) mass is 321 g/mol. The highest BCUT2D eigenvalue weighted by molar-refractivity contribution is 5.92. The molecule has 0 bridgehead atoms. The van der Waals surface area contributed by atoms with Gasteiger partial charge in [-0.3, -0.25) is 10.1 Å². The van der Waals surface area contributed by atoms with Gasteiger partial charge in [-0.2, -0.15) is 0 Å². The molecule has 0 aliphatic rings. The van der Waals surface area contributed by atoms with Crippen LogP contribution in [-0.2, 0) is 14.3 Å². The van der Waals surface area contributed by atoms with Crippen molar-refractivity contribution in [3.8, 4) is 5.75 Å². The second-order valence-electron chi connectivity index (χ2n) is 4.74. The maximum absolute atomic E-state index is 11.5. The van der Waals surface area contributed by atoms with E-state index in [0.717, 1.165) is 43.9 Å². The molecule has 0 aliphatic heterocycles. The molecule has 0 atom stereocenters. The number of hydrogen-bond acceptors (Lipinski definition) is 6. The number of hydrogen-bond donors (Lipinski definition) is 0. The lowest BCUT2D eigenvalue weighted by Crippen LogP contribution is -2.07. The first-order chi connectivity index (χ1) is 11.0. The quantitative estimate of drug-likeness (QED) is 0.173. The Kier molecular flexibility index (Phi) is 8.06. The number of rotatable bonds is 9. The fourth-order valence-corrected chi connectivity index (χ4v) is 1.70. The molecule has 0 saturated carbocycles. The van der Waals surface area contributed by atoms with Crippen LogP contribution in [0.1, 0.15) is 32.6 Å². The largest absolute Gasteiger partial charge is 0.463 e. The van der Waals surface area contributed by atoms with Gasteiger partial charge in [0.25, 0.3) is 5.69 Å². The fraction of sp³-hybridized carbons (Fsp3) is 0.375. The molecule has 124 valence electrons. The molecule has 0 N–H and O–H groups in total. The first-order valence-electron chi connectivity index (χ1n) is 7.34. The zero-order valence-electron chi connectivity index (χ0n) is 12.9. The van der Waals surface area contributed by atoms with Gasteiger partial charge in [-0.15, -0.1) is 0 Å². The summed E-state index contributed by atoms with van der Waals surface area (Å²) >= 11 is 0. The number of non-ortho nitro benzene ring substituents is 1. The van der Waals surface area contributed by atoms with Crippen molar-refractivity contribution < 1.29 is 24.0 Å². The molecule has 0 unspecified atom stereocenters. The molecule has 0 spiro atoms. The molecular weight excluding hydrogens is 302 g/mol. The topological polar surface area (TPSA) is 95.7 Å². The van der Waals surface area contributed by atoms with E-state index in [9.17, 15) is 19.7 Å². The average Bonchev–Trinajstić information content (AvgIpc) is 2.53. The predicted molar refractivity (Wildman–Crippen MR) is 83.0 cm³/mol. The zero-order valence-corrected chi connectivity index (χ0v) is 12.9. The Hall–Kier alpha value is -2.70. The van der Waals surface area contributed by atoms with Crippen LogP contribution in [0.15, 0.2) is 36.4 Å². The Labute approximate surface area is 134 Å². The third-order valence-electron chi connectivity index (χ3n) is 2.84. The Morgan fingerprint density at radius 2 is 1.91 bits per heavy atom. The van der Waals surface area contributed by atoms with Crippen molar-refractivity contribution in [2.45, 2.75) is 32.6 Å². The van der Waals surface area contributed by atoms with Gasteiger partial charge in [0.2, 0.25) is 0 Å². The van der Waals surface area contributed by atoms with E-state index in [0.29, 0.717) is 6.61 Å². The Morgan fingerprint density at radius 3 is 2.61 bits per heavy atom. The molecule has 1 aromatic carbocycles. The van der Waals surface area contributed by atoms with E-state index in [1.54, 1.807) is 0 Å². The second-order valence-corrected chi connectivity index (χ2v) is 4.74. The minimum Gasteiger partial charge on any atom is -0.463 e. The summed E-state index contributed by atoms with van der Waals surface area (Å²) in [4.78, 5) is 32.9. The lowest BCUT2D eigenvalue weighted by atomic mass is 10.2. The maximum Gasteiger partial charge on any atom is 0.336 e. The van der Waals surface area contributed by atoms with Crippen molar-refractivity contribution in [3.05, 3.63) is 46.5 Å². The number of esters is 2. The third-order valence-corrected chi connectivity index (χ3v) is 2.84. The van der Waals surface area contributed by atoms with Gasteiger partial charge in [-0.25, -0.2) is 9.59 Å². The minimum absolute atomic E-state index is 0.0294. The molecule has 0 radical (unpaired) electrons. The van der Waals surface area contributed by atoms with Crippen LogP contribution in [0.3, 0.4) is 0 Å². The molecule has 1 rings (SSSR count). The highest BCUT2D eigenvalue weighted by atomic mass is 16.6. The molecule has 23 heavy (non-hydrogen) atoms. The van der Waals surface area contributed by atoms with Crippen LogP contribution in [-0.4, -0.2) is 23.5 Å². The van der Waals surface area contributed by atoms with Crippen molar-refractivity contribution in [2.24, 2.45) is 0 Å². The number of ether oxygens (including phenoxy) is 2. The predicted octanol–water partition coefficient (Wildman–Crippen LogP) is 3.18. The van der Waals surface area contributed by atoms with Crippen LogP contribution >= 0.6 is 0 Å². The third kappa shape index (κ3) is 7.75. The van der Waals surface area contributed by atoms with E-state index in [-0.39, 0.29) is 11.4 Å². The summed E-state index contributed by atoms with van der Waals surface area (Å²) in [6.45, 7) is 2.39. The molecule has 0 aromatic heterocycles. The van der Waals surface area contributed by atoms with Crippen LogP contribution in [0.2, 0.25) is 0 Å². The highest BCUT2D eigenvalue weighted by Gasteiger charge is 2.08. The van der Waals surface area contributed by atoms with E-state index in [4.69, 9.17) is 9.47 Å². The molecule has 0 heterocycles. The Bertz CT molecular complexity index is 582. The van der Waals surface area contributed by atoms with Crippen LogP contribution in [0, 0.1) is 10.1 Å². The van der Waals surface area contributed by atoms with Crippen molar-refractivity contribution in [3.63, 3.8) is 0 Å². The summed E-state index contributed by atoms with van der Waals surface area (Å²) < 4.78 is 9.79. The van der Waals surface area contributed by atoms with Crippen LogP contribution < -0.4 is 4.74 Å². The number of nitro groups is 1. The van der Waals surface area contributed by atoms with Gasteiger partial charge in [0, 0.05) is 18.2 Å². The van der Waals surface area contributed by atoms with E-state index in [1.807, 2.05) is 0 Å². The standard InChI is InChI=1S/C16H19NO6/c1-2-3-4-5-11-22-15(18)9-10-16(19)23-14-8-6-7-13(12-14)17(20)21/h6-10,12H,2-5,11H2,1H3/b10-9+. The zero-order chi connectivity index (χ0) is 17.1. The fourth-order valence-electron chi connectivity index (χ4n) is 1.70. The SMILES string of the molecule is CCCCCCOC(=O)/C=C/C(=O)Oc1cccc([N+](=O)[O-])c1. The van der Waals surface area contributed by atoms with Crippen molar-refractivity contribution >= 4 is 17.6 Å².